The fourth-order valence-electron chi connectivity index (χ4n) is 1.44. The van der Waals surface area contributed by atoms with Gasteiger partial charge in [0.05, 0.1) is 0 Å². The molecule has 0 N–H and O–H groups in total. The molecule has 12 heavy (non-hydrogen) atoms. The van der Waals surface area contributed by atoms with Gasteiger partial charge in [-0.2, -0.15) is 0 Å². The van der Waals surface area contributed by atoms with Crippen LogP contribution in [-0.2, 0) is 0 Å². The lowest BCUT2D eigenvalue weighted by molar-refractivity contribution is 0.523. The van der Waals surface area contributed by atoms with Gasteiger partial charge in [0.15, 0.2) is 0 Å². The molecule has 0 amide bonds. The SMILES string of the molecule is C/C=C(/CC(C)C)CC(C)CC. The van der Waals surface area contributed by atoms with Gasteiger partial charge < -0.3 is 0 Å². The summed E-state index contributed by atoms with van der Waals surface area (Å²) in [5, 5.41) is 0. The van der Waals surface area contributed by atoms with Gasteiger partial charge in [-0.3, -0.25) is 0 Å². The highest BCUT2D eigenvalue weighted by molar-refractivity contribution is 5.01. The van der Waals surface area contributed by atoms with E-state index >= 15 is 0 Å². The van der Waals surface area contributed by atoms with Gasteiger partial charge in [-0.15, -0.1) is 0 Å². The molecule has 0 saturated carbocycles. The van der Waals surface area contributed by atoms with E-state index in [1.54, 1.807) is 5.57 Å². The van der Waals surface area contributed by atoms with Gasteiger partial charge in [-0.05, 0) is 31.6 Å². The topological polar surface area (TPSA) is 0 Å². The highest BCUT2D eigenvalue weighted by atomic mass is 14.1. The van der Waals surface area contributed by atoms with Crippen molar-refractivity contribution in [3.8, 4) is 0 Å². The lowest BCUT2D eigenvalue weighted by Crippen LogP contribution is -1.98. The fraction of sp³-hybridized carbons (Fsp3) is 0.833. The summed E-state index contributed by atoms with van der Waals surface area (Å²) < 4.78 is 0. The zero-order valence-corrected chi connectivity index (χ0v) is 9.35. The number of hydrogen-bond acceptors (Lipinski definition) is 0. The lowest BCUT2D eigenvalue weighted by atomic mass is 9.93. The predicted molar refractivity (Wildman–Crippen MR) is 57.3 cm³/mol. The minimum absolute atomic E-state index is 0.806. The zero-order chi connectivity index (χ0) is 9.56. The van der Waals surface area contributed by atoms with Gasteiger partial charge in [-0.1, -0.05) is 45.8 Å². The third kappa shape index (κ3) is 5.40. The molecule has 0 fully saturated rings. The minimum atomic E-state index is 0.806. The Bertz CT molecular complexity index is 131. The smallest absolute Gasteiger partial charge is 0.0295 e. The number of rotatable bonds is 5. The molecule has 1 atom stereocenters. The molecule has 0 saturated heterocycles. The van der Waals surface area contributed by atoms with Crippen molar-refractivity contribution >= 4 is 0 Å². The lowest BCUT2D eigenvalue weighted by Gasteiger charge is -2.13. The highest BCUT2D eigenvalue weighted by Crippen LogP contribution is 2.20. The summed E-state index contributed by atoms with van der Waals surface area (Å²) in [6.07, 6.45) is 6.17. The first kappa shape index (κ1) is 11.7. The maximum absolute atomic E-state index is 2.34. The van der Waals surface area contributed by atoms with Gasteiger partial charge >= 0.3 is 0 Å². The van der Waals surface area contributed by atoms with E-state index in [2.05, 4.69) is 40.7 Å². The van der Waals surface area contributed by atoms with E-state index in [-0.39, 0.29) is 0 Å². The average molecular weight is 168 g/mol. The van der Waals surface area contributed by atoms with Crippen LogP contribution in [0.3, 0.4) is 0 Å². The van der Waals surface area contributed by atoms with Crippen molar-refractivity contribution in [3.63, 3.8) is 0 Å². The molecule has 0 spiro atoms. The molecule has 0 aromatic heterocycles. The normalized spacial score (nSPS) is 15.3. The first-order chi connectivity index (χ1) is 5.60. The van der Waals surface area contributed by atoms with E-state index in [0.717, 1.165) is 11.8 Å². The molecular weight excluding hydrogens is 144 g/mol. The van der Waals surface area contributed by atoms with Crippen molar-refractivity contribution in [1.82, 2.24) is 0 Å². The summed E-state index contributed by atoms with van der Waals surface area (Å²) >= 11 is 0. The Labute approximate surface area is 78.1 Å². The first-order valence-electron chi connectivity index (χ1n) is 5.24. The van der Waals surface area contributed by atoms with E-state index in [9.17, 15) is 0 Å². The van der Waals surface area contributed by atoms with Crippen LogP contribution in [0.15, 0.2) is 11.6 Å². The third-order valence-corrected chi connectivity index (χ3v) is 2.39. The van der Waals surface area contributed by atoms with Crippen LogP contribution in [0.2, 0.25) is 0 Å². The highest BCUT2D eigenvalue weighted by Gasteiger charge is 2.04. The summed E-state index contributed by atoms with van der Waals surface area (Å²) in [7, 11) is 0. The molecule has 0 aliphatic rings. The molecule has 0 rings (SSSR count). The molecule has 0 heterocycles. The maximum atomic E-state index is 2.34. The largest absolute Gasteiger partial charge is 0.0884 e. The molecule has 0 bridgehead atoms. The molecule has 0 radical (unpaired) electrons. The zero-order valence-electron chi connectivity index (χ0n) is 9.35. The molecule has 1 unspecified atom stereocenters. The van der Waals surface area contributed by atoms with Crippen molar-refractivity contribution in [2.45, 2.75) is 53.9 Å². The van der Waals surface area contributed by atoms with E-state index in [4.69, 9.17) is 0 Å². The second-order valence-electron chi connectivity index (χ2n) is 4.26. The molecule has 0 nitrogen and oxygen atoms in total. The van der Waals surface area contributed by atoms with Crippen LogP contribution in [0.5, 0.6) is 0 Å². The van der Waals surface area contributed by atoms with Gasteiger partial charge in [0.2, 0.25) is 0 Å². The molecule has 0 heteroatoms. The standard InChI is InChI=1S/C12H24/c1-6-11(5)9-12(7-2)8-10(3)4/h7,10-11H,6,8-9H2,1-5H3/b12-7-. The Hall–Kier alpha value is -0.260. The molecule has 0 aromatic rings. The Kier molecular flexibility index (Phi) is 6.14. The Morgan fingerprint density at radius 3 is 2.08 bits per heavy atom. The van der Waals surface area contributed by atoms with Gasteiger partial charge in [-0.25, -0.2) is 0 Å². The second kappa shape index (κ2) is 6.28. The van der Waals surface area contributed by atoms with E-state index in [1.807, 2.05) is 0 Å². The Morgan fingerprint density at radius 1 is 1.17 bits per heavy atom. The number of allylic oxidation sites excluding steroid dienone is 2. The van der Waals surface area contributed by atoms with Crippen LogP contribution in [0.4, 0.5) is 0 Å². The van der Waals surface area contributed by atoms with Crippen LogP contribution < -0.4 is 0 Å². The van der Waals surface area contributed by atoms with Crippen LogP contribution >= 0.6 is 0 Å². The van der Waals surface area contributed by atoms with Crippen molar-refractivity contribution in [3.05, 3.63) is 11.6 Å². The molecule has 72 valence electrons. The van der Waals surface area contributed by atoms with Crippen LogP contribution in [0.1, 0.15) is 53.9 Å². The summed E-state index contributed by atoms with van der Waals surface area (Å²) in [5.41, 5.74) is 1.64. The fourth-order valence-corrected chi connectivity index (χ4v) is 1.44. The van der Waals surface area contributed by atoms with Crippen LogP contribution in [0.25, 0.3) is 0 Å². The van der Waals surface area contributed by atoms with Crippen LogP contribution in [-0.4, -0.2) is 0 Å². The predicted octanol–water partition coefficient (Wildman–Crippen LogP) is 4.42. The van der Waals surface area contributed by atoms with Crippen molar-refractivity contribution < 1.29 is 0 Å². The molecular formula is C12H24. The Morgan fingerprint density at radius 2 is 1.75 bits per heavy atom. The van der Waals surface area contributed by atoms with Crippen molar-refractivity contribution in [2.24, 2.45) is 11.8 Å². The summed E-state index contributed by atoms with van der Waals surface area (Å²) in [6.45, 7) is 11.4. The van der Waals surface area contributed by atoms with Gasteiger partial charge in [0, 0.05) is 0 Å². The summed E-state index contributed by atoms with van der Waals surface area (Å²) in [4.78, 5) is 0. The van der Waals surface area contributed by atoms with Gasteiger partial charge in [0.25, 0.3) is 0 Å². The van der Waals surface area contributed by atoms with E-state index < -0.39 is 0 Å². The molecule has 0 aliphatic carbocycles. The third-order valence-electron chi connectivity index (χ3n) is 2.39. The van der Waals surface area contributed by atoms with Gasteiger partial charge in [0.1, 0.15) is 0 Å². The number of hydrogen-bond donors (Lipinski definition) is 0. The molecule has 0 aliphatic heterocycles. The van der Waals surface area contributed by atoms with Crippen LogP contribution in [0, 0.1) is 11.8 Å². The first-order valence-corrected chi connectivity index (χ1v) is 5.24. The summed E-state index contributed by atoms with van der Waals surface area (Å²) in [5.74, 6) is 1.66. The second-order valence-corrected chi connectivity index (χ2v) is 4.26. The van der Waals surface area contributed by atoms with E-state index in [0.29, 0.717) is 0 Å². The average Bonchev–Trinajstić information content (AvgIpc) is 2.02. The van der Waals surface area contributed by atoms with Crippen molar-refractivity contribution in [1.29, 1.82) is 0 Å². The maximum Gasteiger partial charge on any atom is -0.0295 e. The minimum Gasteiger partial charge on any atom is -0.0884 e. The molecule has 0 aromatic carbocycles. The quantitative estimate of drug-likeness (QED) is 0.533. The van der Waals surface area contributed by atoms with Crippen molar-refractivity contribution in [2.75, 3.05) is 0 Å². The Balaban J connectivity index is 3.85. The summed E-state index contributed by atoms with van der Waals surface area (Å²) in [6, 6.07) is 0. The monoisotopic (exact) mass is 168 g/mol. The van der Waals surface area contributed by atoms with E-state index in [1.165, 1.54) is 19.3 Å².